The lowest BCUT2D eigenvalue weighted by Gasteiger charge is -2.12. The summed E-state index contributed by atoms with van der Waals surface area (Å²) < 4.78 is 0. The molecule has 0 spiro atoms. The van der Waals surface area contributed by atoms with Crippen molar-refractivity contribution in [1.82, 2.24) is 24.9 Å². The van der Waals surface area contributed by atoms with Crippen molar-refractivity contribution in [2.45, 2.75) is 26.4 Å². The maximum Gasteiger partial charge on any atom is 0.180 e. The Kier molecular flexibility index (Phi) is 3.46. The standard InChI is InChI=1S/C18H17N5O/c1-3-16(24)15-4-10(2)12(7-20-15)14-5-11-6-21-18-17(22-9-23-18)13(11)8-19-14/h4-9,16,19,24H,3H2,1-2H3/t16-/m0/s1. The molecule has 6 nitrogen and oxygen atoms in total. The van der Waals surface area contributed by atoms with Gasteiger partial charge in [0.15, 0.2) is 5.65 Å². The van der Waals surface area contributed by atoms with E-state index in [9.17, 15) is 5.11 Å². The Labute approximate surface area is 138 Å². The maximum atomic E-state index is 9.95. The fourth-order valence-electron chi connectivity index (χ4n) is 2.90. The summed E-state index contributed by atoms with van der Waals surface area (Å²) in [5.41, 5.74) is 5.16. The highest BCUT2D eigenvalue weighted by Gasteiger charge is 2.11. The van der Waals surface area contributed by atoms with E-state index in [4.69, 9.17) is 0 Å². The van der Waals surface area contributed by atoms with Gasteiger partial charge in [0.25, 0.3) is 0 Å². The van der Waals surface area contributed by atoms with E-state index >= 15 is 0 Å². The molecule has 0 saturated carbocycles. The molecule has 0 fully saturated rings. The van der Waals surface area contributed by atoms with Gasteiger partial charge in [0.05, 0.1) is 11.8 Å². The van der Waals surface area contributed by atoms with Crippen LogP contribution in [0.3, 0.4) is 0 Å². The van der Waals surface area contributed by atoms with Gasteiger partial charge >= 0.3 is 0 Å². The van der Waals surface area contributed by atoms with E-state index in [2.05, 4.69) is 24.9 Å². The van der Waals surface area contributed by atoms with Crippen LogP contribution >= 0.6 is 0 Å². The molecule has 24 heavy (non-hydrogen) atoms. The number of aromatic amines is 1. The van der Waals surface area contributed by atoms with Gasteiger partial charge < -0.3 is 10.1 Å². The van der Waals surface area contributed by atoms with Crippen molar-refractivity contribution in [3.63, 3.8) is 0 Å². The van der Waals surface area contributed by atoms with E-state index in [1.807, 2.05) is 38.4 Å². The SMILES string of the molecule is CC[C@H](O)c1cc(C)c(-c2cc3cnc4ncnc4c3c[nH]2)cn1. The molecule has 0 aromatic carbocycles. The summed E-state index contributed by atoms with van der Waals surface area (Å²) in [6, 6.07) is 3.97. The quantitative estimate of drug-likeness (QED) is 0.605. The molecule has 0 amide bonds. The van der Waals surface area contributed by atoms with Gasteiger partial charge in [0, 0.05) is 40.6 Å². The molecule has 0 aliphatic heterocycles. The molecule has 0 radical (unpaired) electrons. The monoisotopic (exact) mass is 319 g/mol. The first-order chi connectivity index (χ1) is 11.7. The van der Waals surface area contributed by atoms with Crippen molar-refractivity contribution < 1.29 is 5.11 Å². The molecule has 0 aliphatic carbocycles. The van der Waals surface area contributed by atoms with Crippen LogP contribution in [-0.2, 0) is 0 Å². The van der Waals surface area contributed by atoms with Gasteiger partial charge in [-0.1, -0.05) is 6.92 Å². The molecule has 4 heterocycles. The number of aryl methyl sites for hydroxylation is 1. The highest BCUT2D eigenvalue weighted by Crippen LogP contribution is 2.28. The third kappa shape index (κ3) is 2.32. The zero-order chi connectivity index (χ0) is 16.7. The summed E-state index contributed by atoms with van der Waals surface area (Å²) >= 11 is 0. The summed E-state index contributed by atoms with van der Waals surface area (Å²) in [4.78, 5) is 20.5. The topological polar surface area (TPSA) is 87.6 Å². The average Bonchev–Trinajstić information content (AvgIpc) is 3.09. The molecule has 4 aromatic heterocycles. The van der Waals surface area contributed by atoms with Crippen molar-refractivity contribution in [3.05, 3.63) is 48.3 Å². The third-order valence-electron chi connectivity index (χ3n) is 4.29. The van der Waals surface area contributed by atoms with E-state index in [1.165, 1.54) is 6.33 Å². The Balaban J connectivity index is 1.83. The molecule has 2 N–H and O–H groups in total. The van der Waals surface area contributed by atoms with Gasteiger partial charge in [-0.2, -0.15) is 0 Å². The Morgan fingerprint density at radius 2 is 2.00 bits per heavy atom. The molecule has 0 bridgehead atoms. The van der Waals surface area contributed by atoms with Crippen LogP contribution in [0.5, 0.6) is 0 Å². The average molecular weight is 319 g/mol. The van der Waals surface area contributed by atoms with E-state index in [0.29, 0.717) is 17.8 Å². The summed E-state index contributed by atoms with van der Waals surface area (Å²) in [5.74, 6) is 0. The van der Waals surface area contributed by atoms with Gasteiger partial charge in [-0.3, -0.25) is 4.98 Å². The summed E-state index contributed by atoms with van der Waals surface area (Å²) in [5, 5.41) is 11.9. The Bertz CT molecular complexity index is 1040. The molecule has 1 atom stereocenters. The van der Waals surface area contributed by atoms with Crippen LogP contribution in [0.4, 0.5) is 0 Å². The predicted octanol–water partition coefficient (Wildman–Crippen LogP) is 3.32. The van der Waals surface area contributed by atoms with Crippen LogP contribution in [0.15, 0.2) is 37.1 Å². The molecular formula is C18H17N5O. The summed E-state index contributed by atoms with van der Waals surface area (Å²) in [6.07, 6.45) is 7.19. The summed E-state index contributed by atoms with van der Waals surface area (Å²) in [6.45, 7) is 3.96. The number of rotatable bonds is 3. The second-order valence-electron chi connectivity index (χ2n) is 5.87. The Hall–Kier alpha value is -2.86. The van der Waals surface area contributed by atoms with E-state index in [-0.39, 0.29) is 0 Å². The van der Waals surface area contributed by atoms with Crippen LogP contribution in [0.1, 0.15) is 30.7 Å². The number of H-pyrrole nitrogens is 1. The molecule has 4 aromatic rings. The number of imidazole rings is 1. The van der Waals surface area contributed by atoms with Gasteiger partial charge in [0.1, 0.15) is 11.8 Å². The number of aliphatic hydroxyl groups is 1. The number of fused-ring (bicyclic) bond motifs is 3. The third-order valence-corrected chi connectivity index (χ3v) is 4.29. The van der Waals surface area contributed by atoms with Gasteiger partial charge in [-0.15, -0.1) is 0 Å². The van der Waals surface area contributed by atoms with Gasteiger partial charge in [-0.05, 0) is 31.0 Å². The minimum Gasteiger partial charge on any atom is -0.387 e. The lowest BCUT2D eigenvalue weighted by molar-refractivity contribution is 0.169. The fourth-order valence-corrected chi connectivity index (χ4v) is 2.90. The number of nitrogens with zero attached hydrogens (tertiary/aromatic N) is 4. The highest BCUT2D eigenvalue weighted by molar-refractivity contribution is 6.02. The van der Waals surface area contributed by atoms with Crippen LogP contribution in [0.2, 0.25) is 0 Å². The fraction of sp³-hybridized carbons (Fsp3) is 0.222. The van der Waals surface area contributed by atoms with E-state index in [0.717, 1.165) is 33.1 Å². The van der Waals surface area contributed by atoms with Crippen LogP contribution < -0.4 is 0 Å². The van der Waals surface area contributed by atoms with Gasteiger partial charge in [0.2, 0.25) is 0 Å². The molecule has 6 heteroatoms. The number of aromatic nitrogens is 5. The molecule has 120 valence electrons. The molecular weight excluding hydrogens is 302 g/mol. The lowest BCUT2D eigenvalue weighted by Crippen LogP contribution is -2.00. The highest BCUT2D eigenvalue weighted by atomic mass is 16.3. The molecule has 4 rings (SSSR count). The van der Waals surface area contributed by atoms with Crippen molar-refractivity contribution in [2.24, 2.45) is 0 Å². The minimum atomic E-state index is -0.522. The second-order valence-corrected chi connectivity index (χ2v) is 5.87. The normalized spacial score (nSPS) is 12.8. The van der Waals surface area contributed by atoms with Crippen LogP contribution in [0, 0.1) is 6.92 Å². The number of pyridine rings is 3. The van der Waals surface area contributed by atoms with Gasteiger partial charge in [-0.25, -0.2) is 15.0 Å². The van der Waals surface area contributed by atoms with E-state index in [1.54, 1.807) is 6.20 Å². The minimum absolute atomic E-state index is 0.522. The number of hydrogen-bond donors (Lipinski definition) is 2. The van der Waals surface area contributed by atoms with Crippen molar-refractivity contribution in [3.8, 4) is 11.3 Å². The number of aliphatic hydroxyl groups excluding tert-OH is 1. The first-order valence-corrected chi connectivity index (χ1v) is 7.90. The first kappa shape index (κ1) is 14.7. The molecule has 0 aliphatic rings. The maximum absolute atomic E-state index is 9.95. The number of nitrogens with one attached hydrogen (secondary N) is 1. The predicted molar refractivity (Wildman–Crippen MR) is 92.4 cm³/mol. The smallest absolute Gasteiger partial charge is 0.180 e. The van der Waals surface area contributed by atoms with E-state index < -0.39 is 6.10 Å². The van der Waals surface area contributed by atoms with Crippen molar-refractivity contribution >= 4 is 21.9 Å². The molecule has 0 saturated heterocycles. The molecule has 0 unspecified atom stereocenters. The number of hydrogen-bond acceptors (Lipinski definition) is 5. The zero-order valence-electron chi connectivity index (χ0n) is 13.5. The summed E-state index contributed by atoms with van der Waals surface area (Å²) in [7, 11) is 0. The Morgan fingerprint density at radius 3 is 2.79 bits per heavy atom. The van der Waals surface area contributed by atoms with Crippen molar-refractivity contribution in [2.75, 3.05) is 0 Å². The van der Waals surface area contributed by atoms with Crippen molar-refractivity contribution in [1.29, 1.82) is 0 Å². The van der Waals surface area contributed by atoms with Crippen LogP contribution in [0.25, 0.3) is 33.2 Å². The second kappa shape index (κ2) is 5.65. The lowest BCUT2D eigenvalue weighted by atomic mass is 10.0. The largest absolute Gasteiger partial charge is 0.387 e. The van der Waals surface area contributed by atoms with Crippen LogP contribution in [-0.4, -0.2) is 30.0 Å². The zero-order valence-corrected chi connectivity index (χ0v) is 13.5. The Morgan fingerprint density at radius 1 is 1.12 bits per heavy atom. The first-order valence-electron chi connectivity index (χ1n) is 7.90.